The molecule has 1 aliphatic rings. The number of hydrogen-bond acceptors (Lipinski definition) is 5. The molecule has 0 aliphatic heterocycles. The average Bonchev–Trinajstić information content (AvgIpc) is 2.68. The first-order valence-corrected chi connectivity index (χ1v) is 10.3. The van der Waals surface area contributed by atoms with Gasteiger partial charge in [-0.2, -0.15) is 5.26 Å². The summed E-state index contributed by atoms with van der Waals surface area (Å²) >= 11 is 1.49. The molecule has 0 bridgehead atoms. The molecule has 0 amide bonds. The first kappa shape index (κ1) is 18.5. The van der Waals surface area contributed by atoms with Crippen LogP contribution >= 0.6 is 11.8 Å². The van der Waals surface area contributed by atoms with Crippen LogP contribution in [0.25, 0.3) is 11.3 Å². The number of nitrogens with one attached hydrogen (secondary N) is 1. The summed E-state index contributed by atoms with van der Waals surface area (Å²) in [6, 6.07) is 10.4. The van der Waals surface area contributed by atoms with Crippen LogP contribution in [0.4, 0.5) is 5.82 Å². The summed E-state index contributed by atoms with van der Waals surface area (Å²) in [7, 11) is 0. The number of allylic oxidation sites excluding steroid dienone is 1. The lowest BCUT2D eigenvalue weighted by Crippen LogP contribution is -2.09. The van der Waals surface area contributed by atoms with Gasteiger partial charge in [0.25, 0.3) is 0 Å². The standard InChI is InChI=1S/C21H24N4S/c1-15-8-10-17(11-9-15)19-18(14-22)20(25-21(24-19)26-2)23-13-12-16-6-4-3-5-7-16/h6,8-11H,3-5,7,12-13H2,1-2H3,(H,23,24,25). The summed E-state index contributed by atoms with van der Waals surface area (Å²) in [6.07, 6.45) is 10.3. The monoisotopic (exact) mass is 364 g/mol. The van der Waals surface area contributed by atoms with Crippen molar-refractivity contribution in [1.29, 1.82) is 5.26 Å². The number of hydrogen-bond donors (Lipinski definition) is 1. The van der Waals surface area contributed by atoms with Crippen molar-refractivity contribution in [3.05, 3.63) is 47.0 Å². The van der Waals surface area contributed by atoms with E-state index in [1.54, 1.807) is 0 Å². The second-order valence-electron chi connectivity index (χ2n) is 6.55. The topological polar surface area (TPSA) is 61.6 Å². The number of nitriles is 1. The number of anilines is 1. The molecule has 1 heterocycles. The Morgan fingerprint density at radius 2 is 2.00 bits per heavy atom. The van der Waals surface area contributed by atoms with Gasteiger partial charge in [0.15, 0.2) is 5.16 Å². The van der Waals surface area contributed by atoms with Gasteiger partial charge in [-0.15, -0.1) is 0 Å². The second kappa shape index (κ2) is 8.86. The van der Waals surface area contributed by atoms with E-state index in [0.29, 0.717) is 22.2 Å². The Labute approximate surface area is 159 Å². The Morgan fingerprint density at radius 1 is 1.19 bits per heavy atom. The normalized spacial score (nSPS) is 13.8. The van der Waals surface area contributed by atoms with Crippen molar-refractivity contribution in [2.24, 2.45) is 0 Å². The predicted octanol–water partition coefficient (Wildman–Crippen LogP) is 5.35. The fourth-order valence-corrected chi connectivity index (χ4v) is 3.52. The van der Waals surface area contributed by atoms with Gasteiger partial charge in [0.2, 0.25) is 0 Å². The summed E-state index contributed by atoms with van der Waals surface area (Å²) in [5, 5.41) is 13.8. The molecule has 0 saturated carbocycles. The van der Waals surface area contributed by atoms with Crippen molar-refractivity contribution in [1.82, 2.24) is 9.97 Å². The van der Waals surface area contributed by atoms with Crippen molar-refractivity contribution >= 4 is 17.6 Å². The highest BCUT2D eigenvalue weighted by Crippen LogP contribution is 2.29. The molecule has 4 nitrogen and oxygen atoms in total. The van der Waals surface area contributed by atoms with E-state index in [1.807, 2.05) is 30.5 Å². The van der Waals surface area contributed by atoms with Crippen molar-refractivity contribution in [2.75, 3.05) is 18.1 Å². The van der Waals surface area contributed by atoms with E-state index in [9.17, 15) is 5.26 Å². The van der Waals surface area contributed by atoms with Crippen LogP contribution in [-0.2, 0) is 0 Å². The minimum absolute atomic E-state index is 0.518. The van der Waals surface area contributed by atoms with Crippen LogP contribution in [0.1, 0.15) is 43.2 Å². The SMILES string of the molecule is CSc1nc(NCCC2=CCCCC2)c(C#N)c(-c2ccc(C)cc2)n1. The highest BCUT2D eigenvalue weighted by Gasteiger charge is 2.16. The van der Waals surface area contributed by atoms with E-state index in [4.69, 9.17) is 0 Å². The van der Waals surface area contributed by atoms with E-state index in [1.165, 1.54) is 48.6 Å². The number of rotatable bonds is 6. The van der Waals surface area contributed by atoms with E-state index in [-0.39, 0.29) is 0 Å². The molecule has 5 heteroatoms. The third kappa shape index (κ3) is 4.44. The summed E-state index contributed by atoms with van der Waals surface area (Å²) < 4.78 is 0. The molecule has 26 heavy (non-hydrogen) atoms. The van der Waals surface area contributed by atoms with Crippen LogP contribution in [0, 0.1) is 18.3 Å². The van der Waals surface area contributed by atoms with Gasteiger partial charge in [-0.1, -0.05) is 53.2 Å². The van der Waals surface area contributed by atoms with Gasteiger partial charge in [0, 0.05) is 12.1 Å². The van der Waals surface area contributed by atoms with Gasteiger partial charge in [0.1, 0.15) is 17.5 Å². The maximum atomic E-state index is 9.74. The van der Waals surface area contributed by atoms with Crippen LogP contribution in [0.5, 0.6) is 0 Å². The Balaban J connectivity index is 1.86. The number of thioether (sulfide) groups is 1. The Hall–Kier alpha value is -2.32. The van der Waals surface area contributed by atoms with Crippen molar-refractivity contribution in [2.45, 2.75) is 44.2 Å². The smallest absolute Gasteiger partial charge is 0.189 e. The van der Waals surface area contributed by atoms with Gasteiger partial charge in [-0.05, 0) is 45.3 Å². The number of benzene rings is 1. The summed E-state index contributed by atoms with van der Waals surface area (Å²) in [5.74, 6) is 0.638. The quantitative estimate of drug-likeness (QED) is 0.425. The van der Waals surface area contributed by atoms with Gasteiger partial charge in [-0.25, -0.2) is 9.97 Å². The van der Waals surface area contributed by atoms with Crippen LogP contribution < -0.4 is 5.32 Å². The summed E-state index contributed by atoms with van der Waals surface area (Å²) in [5.41, 5.74) is 4.86. The summed E-state index contributed by atoms with van der Waals surface area (Å²) in [6.45, 7) is 2.84. The van der Waals surface area contributed by atoms with E-state index in [2.05, 4.69) is 34.4 Å². The zero-order chi connectivity index (χ0) is 18.4. The molecule has 1 aromatic heterocycles. The fraction of sp³-hybridized carbons (Fsp3) is 0.381. The molecule has 0 fully saturated rings. The maximum Gasteiger partial charge on any atom is 0.189 e. The number of nitrogens with zero attached hydrogens (tertiary/aromatic N) is 3. The first-order chi connectivity index (χ1) is 12.7. The number of aromatic nitrogens is 2. The Kier molecular flexibility index (Phi) is 6.30. The molecule has 3 rings (SSSR count). The first-order valence-electron chi connectivity index (χ1n) is 9.06. The zero-order valence-electron chi connectivity index (χ0n) is 15.4. The van der Waals surface area contributed by atoms with E-state index < -0.39 is 0 Å². The largest absolute Gasteiger partial charge is 0.368 e. The third-order valence-electron chi connectivity index (χ3n) is 4.63. The molecule has 0 unspecified atom stereocenters. The Bertz CT molecular complexity index is 834. The molecule has 0 atom stereocenters. The molecule has 0 spiro atoms. The van der Waals surface area contributed by atoms with Gasteiger partial charge >= 0.3 is 0 Å². The fourth-order valence-electron chi connectivity index (χ4n) is 3.16. The minimum atomic E-state index is 0.518. The van der Waals surface area contributed by atoms with Crippen molar-refractivity contribution in [3.8, 4) is 17.3 Å². The molecule has 1 aliphatic carbocycles. The molecule has 1 aromatic carbocycles. The maximum absolute atomic E-state index is 9.74. The van der Waals surface area contributed by atoms with Crippen LogP contribution in [0.15, 0.2) is 41.1 Å². The molecule has 1 N–H and O–H groups in total. The number of aryl methyl sites for hydroxylation is 1. The lowest BCUT2D eigenvalue weighted by atomic mass is 9.97. The van der Waals surface area contributed by atoms with E-state index >= 15 is 0 Å². The average molecular weight is 365 g/mol. The van der Waals surface area contributed by atoms with Crippen LogP contribution in [0.3, 0.4) is 0 Å². The Morgan fingerprint density at radius 3 is 2.65 bits per heavy atom. The molecular weight excluding hydrogens is 340 g/mol. The van der Waals surface area contributed by atoms with Gasteiger partial charge < -0.3 is 5.32 Å². The van der Waals surface area contributed by atoms with Crippen LogP contribution in [0.2, 0.25) is 0 Å². The van der Waals surface area contributed by atoms with Crippen LogP contribution in [-0.4, -0.2) is 22.8 Å². The van der Waals surface area contributed by atoms with Gasteiger partial charge in [0.05, 0.1) is 5.69 Å². The van der Waals surface area contributed by atoms with Gasteiger partial charge in [-0.3, -0.25) is 0 Å². The molecule has 134 valence electrons. The highest BCUT2D eigenvalue weighted by atomic mass is 32.2. The lowest BCUT2D eigenvalue weighted by Gasteiger charge is -2.15. The lowest BCUT2D eigenvalue weighted by molar-refractivity contribution is 0.679. The van der Waals surface area contributed by atoms with Crippen molar-refractivity contribution < 1.29 is 0 Å². The molecular formula is C21H24N4S. The molecule has 0 radical (unpaired) electrons. The zero-order valence-corrected chi connectivity index (χ0v) is 16.2. The predicted molar refractivity (Wildman–Crippen MR) is 108 cm³/mol. The second-order valence-corrected chi connectivity index (χ2v) is 7.32. The molecule has 2 aromatic rings. The van der Waals surface area contributed by atoms with E-state index in [0.717, 1.165) is 18.5 Å². The summed E-state index contributed by atoms with van der Waals surface area (Å²) in [4.78, 5) is 9.15. The third-order valence-corrected chi connectivity index (χ3v) is 5.18. The van der Waals surface area contributed by atoms with Crippen molar-refractivity contribution in [3.63, 3.8) is 0 Å². The minimum Gasteiger partial charge on any atom is -0.368 e. The molecule has 0 saturated heterocycles. The highest BCUT2D eigenvalue weighted by molar-refractivity contribution is 7.98.